The van der Waals surface area contributed by atoms with Crippen LogP contribution < -0.4 is 16.0 Å². The van der Waals surface area contributed by atoms with Crippen LogP contribution >= 0.6 is 0 Å². The summed E-state index contributed by atoms with van der Waals surface area (Å²) < 4.78 is 0. The normalized spacial score (nSPS) is 22.0. The number of carbonyl (C=O) groups is 1. The predicted molar refractivity (Wildman–Crippen MR) is 80.1 cm³/mol. The zero-order chi connectivity index (χ0) is 13.8. The van der Waals surface area contributed by atoms with Gasteiger partial charge in [-0.05, 0) is 43.7 Å². The van der Waals surface area contributed by atoms with Gasteiger partial charge in [0.05, 0.1) is 12.6 Å². The molecule has 1 saturated heterocycles. The topological polar surface area (TPSA) is 65.5 Å². The van der Waals surface area contributed by atoms with Crippen molar-refractivity contribution in [3.05, 3.63) is 29.8 Å². The van der Waals surface area contributed by atoms with Gasteiger partial charge in [-0.15, -0.1) is 0 Å². The smallest absolute Gasteiger partial charge is 0.241 e. The van der Waals surface area contributed by atoms with Crippen LogP contribution in [0.4, 0.5) is 5.69 Å². The lowest BCUT2D eigenvalue weighted by molar-refractivity contribution is -0.118. The van der Waals surface area contributed by atoms with Crippen LogP contribution in [0.25, 0.3) is 0 Å². The molecule has 2 aliphatic rings. The number of benzene rings is 1. The van der Waals surface area contributed by atoms with E-state index in [-0.39, 0.29) is 11.9 Å². The Morgan fingerprint density at radius 3 is 2.70 bits per heavy atom. The molecule has 1 fully saturated rings. The Kier molecular flexibility index (Phi) is 3.97. The lowest BCUT2D eigenvalue weighted by Gasteiger charge is -2.22. The molecule has 0 spiro atoms. The lowest BCUT2D eigenvalue weighted by atomic mass is 10.0. The van der Waals surface area contributed by atoms with Gasteiger partial charge in [-0.1, -0.05) is 6.42 Å². The van der Waals surface area contributed by atoms with E-state index in [4.69, 9.17) is 0 Å². The summed E-state index contributed by atoms with van der Waals surface area (Å²) in [5.74, 6) is 1.01. The number of anilines is 1. The number of hydrogen-bond donors (Lipinski definition) is 3. The number of piperidine rings is 1. The highest BCUT2D eigenvalue weighted by atomic mass is 16.2. The molecule has 106 valence electrons. The van der Waals surface area contributed by atoms with Gasteiger partial charge in [-0.2, -0.15) is 0 Å². The van der Waals surface area contributed by atoms with Gasteiger partial charge >= 0.3 is 0 Å². The fourth-order valence-electron chi connectivity index (χ4n) is 2.61. The minimum atomic E-state index is -0.0516. The second kappa shape index (κ2) is 6.05. The second-order valence-corrected chi connectivity index (χ2v) is 5.23. The van der Waals surface area contributed by atoms with Crippen molar-refractivity contribution in [3.8, 4) is 0 Å². The zero-order valence-electron chi connectivity index (χ0n) is 11.5. The first-order valence-electron chi connectivity index (χ1n) is 7.26. The van der Waals surface area contributed by atoms with Crippen LogP contribution in [-0.2, 0) is 4.79 Å². The summed E-state index contributed by atoms with van der Waals surface area (Å²) in [5, 5.41) is 9.46. The Morgan fingerprint density at radius 2 is 2.05 bits per heavy atom. The number of carbonyl (C=O) groups excluding carboxylic acids is 1. The van der Waals surface area contributed by atoms with Crippen molar-refractivity contribution in [2.24, 2.45) is 4.99 Å². The summed E-state index contributed by atoms with van der Waals surface area (Å²) in [6, 6.07) is 7.78. The van der Waals surface area contributed by atoms with E-state index in [0.717, 1.165) is 56.0 Å². The second-order valence-electron chi connectivity index (χ2n) is 5.23. The van der Waals surface area contributed by atoms with E-state index in [1.54, 1.807) is 0 Å². The highest BCUT2D eigenvalue weighted by Gasteiger charge is 2.20. The monoisotopic (exact) mass is 272 g/mol. The van der Waals surface area contributed by atoms with E-state index >= 15 is 0 Å². The van der Waals surface area contributed by atoms with Crippen molar-refractivity contribution in [3.63, 3.8) is 0 Å². The van der Waals surface area contributed by atoms with Crippen LogP contribution in [0.3, 0.4) is 0 Å². The number of aliphatic imine (C=N–C) groups is 1. The quantitative estimate of drug-likeness (QED) is 0.772. The SMILES string of the molecule is O=C(Nc1ccc(C2=NCCN2)cc1)C1CCCCN1. The average Bonchev–Trinajstić information content (AvgIpc) is 3.03. The van der Waals surface area contributed by atoms with E-state index in [2.05, 4.69) is 20.9 Å². The molecule has 1 amide bonds. The van der Waals surface area contributed by atoms with Crippen molar-refractivity contribution in [2.45, 2.75) is 25.3 Å². The van der Waals surface area contributed by atoms with Gasteiger partial charge in [0, 0.05) is 17.8 Å². The van der Waals surface area contributed by atoms with Crippen molar-refractivity contribution < 1.29 is 4.79 Å². The summed E-state index contributed by atoms with van der Waals surface area (Å²) in [6.07, 6.45) is 3.20. The Balaban J connectivity index is 1.61. The van der Waals surface area contributed by atoms with Gasteiger partial charge in [0.1, 0.15) is 5.84 Å². The van der Waals surface area contributed by atoms with E-state index < -0.39 is 0 Å². The molecule has 2 aliphatic heterocycles. The first kappa shape index (κ1) is 13.1. The standard InChI is InChI=1S/C15H20N4O/c20-15(13-3-1-2-8-16-13)19-12-6-4-11(5-7-12)14-17-9-10-18-14/h4-7,13,16H,1-3,8-10H2,(H,17,18)(H,19,20). The van der Waals surface area contributed by atoms with Crippen molar-refractivity contribution in [2.75, 3.05) is 25.0 Å². The molecule has 5 heteroatoms. The van der Waals surface area contributed by atoms with Crippen molar-refractivity contribution >= 4 is 17.4 Å². The molecule has 1 unspecified atom stereocenters. The highest BCUT2D eigenvalue weighted by molar-refractivity contribution is 6.00. The number of nitrogens with one attached hydrogen (secondary N) is 3. The largest absolute Gasteiger partial charge is 0.368 e. The first-order valence-corrected chi connectivity index (χ1v) is 7.26. The van der Waals surface area contributed by atoms with E-state index in [1.807, 2.05) is 24.3 Å². The summed E-state index contributed by atoms with van der Waals surface area (Å²) in [5.41, 5.74) is 1.90. The summed E-state index contributed by atoms with van der Waals surface area (Å²) >= 11 is 0. The van der Waals surface area contributed by atoms with Gasteiger partial charge in [0.15, 0.2) is 0 Å². The molecular weight excluding hydrogens is 252 g/mol. The van der Waals surface area contributed by atoms with Crippen molar-refractivity contribution in [1.29, 1.82) is 0 Å². The maximum Gasteiger partial charge on any atom is 0.241 e. The Labute approximate surface area is 118 Å². The molecule has 1 aromatic carbocycles. The predicted octanol–water partition coefficient (Wildman–Crippen LogP) is 1.12. The molecular formula is C15H20N4O. The maximum atomic E-state index is 12.1. The average molecular weight is 272 g/mol. The number of amidine groups is 1. The summed E-state index contributed by atoms with van der Waals surface area (Å²) in [4.78, 5) is 16.5. The number of rotatable bonds is 3. The van der Waals surface area contributed by atoms with Crippen LogP contribution in [0.5, 0.6) is 0 Å². The van der Waals surface area contributed by atoms with E-state index in [0.29, 0.717) is 0 Å². The molecule has 2 heterocycles. The lowest BCUT2D eigenvalue weighted by Crippen LogP contribution is -2.43. The van der Waals surface area contributed by atoms with Crippen molar-refractivity contribution in [1.82, 2.24) is 10.6 Å². The fourth-order valence-corrected chi connectivity index (χ4v) is 2.61. The maximum absolute atomic E-state index is 12.1. The van der Waals surface area contributed by atoms with Crippen LogP contribution in [0.2, 0.25) is 0 Å². The summed E-state index contributed by atoms with van der Waals surface area (Å²) in [6.45, 7) is 2.67. The minimum absolute atomic E-state index is 0.0516. The molecule has 0 bridgehead atoms. The van der Waals surface area contributed by atoms with Crippen LogP contribution in [0.1, 0.15) is 24.8 Å². The number of amides is 1. The number of nitrogens with zero attached hydrogens (tertiary/aromatic N) is 1. The molecule has 5 nitrogen and oxygen atoms in total. The summed E-state index contributed by atoms with van der Waals surface area (Å²) in [7, 11) is 0. The third-order valence-electron chi connectivity index (χ3n) is 3.73. The van der Waals surface area contributed by atoms with Gasteiger partial charge < -0.3 is 16.0 Å². The fraction of sp³-hybridized carbons (Fsp3) is 0.467. The Bertz CT molecular complexity index is 503. The highest BCUT2D eigenvalue weighted by Crippen LogP contribution is 2.13. The van der Waals surface area contributed by atoms with Gasteiger partial charge in [0.25, 0.3) is 0 Å². The molecule has 3 N–H and O–H groups in total. The zero-order valence-corrected chi connectivity index (χ0v) is 11.5. The van der Waals surface area contributed by atoms with Gasteiger partial charge in [-0.3, -0.25) is 9.79 Å². The van der Waals surface area contributed by atoms with E-state index in [1.165, 1.54) is 0 Å². The first-order chi connectivity index (χ1) is 9.83. The molecule has 1 aromatic rings. The molecule has 20 heavy (non-hydrogen) atoms. The molecule has 3 rings (SSSR count). The van der Waals surface area contributed by atoms with Crippen LogP contribution in [0.15, 0.2) is 29.3 Å². The third kappa shape index (κ3) is 2.99. The minimum Gasteiger partial charge on any atom is -0.368 e. The molecule has 0 aliphatic carbocycles. The Morgan fingerprint density at radius 1 is 1.20 bits per heavy atom. The number of hydrogen-bond acceptors (Lipinski definition) is 4. The van der Waals surface area contributed by atoms with Gasteiger partial charge in [-0.25, -0.2) is 0 Å². The van der Waals surface area contributed by atoms with Gasteiger partial charge in [0.2, 0.25) is 5.91 Å². The molecule has 1 atom stereocenters. The van der Waals surface area contributed by atoms with Crippen LogP contribution in [0, 0.1) is 0 Å². The van der Waals surface area contributed by atoms with Crippen LogP contribution in [-0.4, -0.2) is 37.4 Å². The molecule has 0 saturated carbocycles. The molecule has 0 radical (unpaired) electrons. The molecule has 0 aromatic heterocycles. The Hall–Kier alpha value is -1.88. The third-order valence-corrected chi connectivity index (χ3v) is 3.73. The van der Waals surface area contributed by atoms with E-state index in [9.17, 15) is 4.79 Å².